The van der Waals surface area contributed by atoms with Gasteiger partial charge in [0.2, 0.25) is 5.91 Å². The van der Waals surface area contributed by atoms with E-state index in [-0.39, 0.29) is 17.8 Å². The molecule has 0 spiro atoms. The summed E-state index contributed by atoms with van der Waals surface area (Å²) in [7, 11) is 0. The number of aromatic nitrogens is 1. The van der Waals surface area contributed by atoms with E-state index in [2.05, 4.69) is 10.2 Å². The first kappa shape index (κ1) is 16.6. The lowest BCUT2D eigenvalue weighted by molar-refractivity contribution is -0.119. The first-order chi connectivity index (χ1) is 11.6. The van der Waals surface area contributed by atoms with Crippen molar-refractivity contribution < 1.29 is 9.18 Å². The fourth-order valence-electron chi connectivity index (χ4n) is 3.22. The first-order valence-electron chi connectivity index (χ1n) is 8.30. The Balaban J connectivity index is 1.73. The van der Waals surface area contributed by atoms with E-state index < -0.39 is 0 Å². The molecule has 0 radical (unpaired) electrons. The number of hydrogen-bond donors (Lipinski definition) is 1. The van der Waals surface area contributed by atoms with E-state index in [9.17, 15) is 9.18 Å². The Labute approximate surface area is 141 Å². The Kier molecular flexibility index (Phi) is 5.20. The molecule has 3 rings (SSSR count). The van der Waals surface area contributed by atoms with Crippen LogP contribution < -0.4 is 5.32 Å². The number of halogens is 1. The van der Waals surface area contributed by atoms with Gasteiger partial charge in [-0.3, -0.25) is 14.7 Å². The monoisotopic (exact) mass is 327 g/mol. The molecule has 0 saturated carbocycles. The molecule has 1 atom stereocenters. The molecule has 1 aliphatic heterocycles. The van der Waals surface area contributed by atoms with Crippen molar-refractivity contribution in [2.24, 2.45) is 0 Å². The number of carbonyl (C=O) groups excluding carboxylic acids is 1. The second-order valence-electron chi connectivity index (χ2n) is 6.22. The zero-order valence-corrected chi connectivity index (χ0v) is 13.8. The molecule has 4 nitrogen and oxygen atoms in total. The summed E-state index contributed by atoms with van der Waals surface area (Å²) in [6.07, 6.45) is 2.16. The Morgan fingerprint density at radius 3 is 2.96 bits per heavy atom. The lowest BCUT2D eigenvalue weighted by Gasteiger charge is -2.24. The van der Waals surface area contributed by atoms with Crippen molar-refractivity contribution in [3.8, 4) is 0 Å². The van der Waals surface area contributed by atoms with Crippen molar-refractivity contribution >= 4 is 5.91 Å². The van der Waals surface area contributed by atoms with Crippen LogP contribution in [-0.4, -0.2) is 22.3 Å². The van der Waals surface area contributed by atoms with Crippen LogP contribution in [0.15, 0.2) is 42.5 Å². The summed E-state index contributed by atoms with van der Waals surface area (Å²) in [5.41, 5.74) is 2.86. The number of likely N-dealkylation sites (tertiary alicyclic amines) is 1. The minimum atomic E-state index is -0.196. The number of benzene rings is 1. The van der Waals surface area contributed by atoms with Crippen molar-refractivity contribution in [2.45, 2.75) is 38.9 Å². The maximum atomic E-state index is 13.4. The average molecular weight is 327 g/mol. The molecule has 1 aromatic heterocycles. The molecule has 0 aliphatic carbocycles. The maximum Gasteiger partial charge on any atom is 0.217 e. The van der Waals surface area contributed by atoms with Crippen LogP contribution in [0.3, 0.4) is 0 Å². The van der Waals surface area contributed by atoms with Gasteiger partial charge >= 0.3 is 0 Å². The van der Waals surface area contributed by atoms with E-state index >= 15 is 0 Å². The number of carbonyl (C=O) groups is 1. The van der Waals surface area contributed by atoms with Crippen molar-refractivity contribution in [3.05, 3.63) is 65.2 Å². The summed E-state index contributed by atoms with van der Waals surface area (Å²) >= 11 is 0. The van der Waals surface area contributed by atoms with Gasteiger partial charge in [0.15, 0.2) is 0 Å². The van der Waals surface area contributed by atoms with Crippen molar-refractivity contribution in [1.29, 1.82) is 0 Å². The molecular weight excluding hydrogens is 305 g/mol. The third-order valence-corrected chi connectivity index (χ3v) is 4.33. The van der Waals surface area contributed by atoms with Gasteiger partial charge in [0.05, 0.1) is 24.0 Å². The molecule has 2 aromatic rings. The van der Waals surface area contributed by atoms with Crippen LogP contribution >= 0.6 is 0 Å². The summed E-state index contributed by atoms with van der Waals surface area (Å²) in [5.74, 6) is -0.255. The molecule has 24 heavy (non-hydrogen) atoms. The van der Waals surface area contributed by atoms with E-state index in [1.807, 2.05) is 24.3 Å². The van der Waals surface area contributed by atoms with E-state index in [1.165, 1.54) is 13.0 Å². The molecule has 1 N–H and O–H groups in total. The predicted octanol–water partition coefficient (Wildman–Crippen LogP) is 3.19. The van der Waals surface area contributed by atoms with Crippen LogP contribution in [0.4, 0.5) is 4.39 Å². The zero-order chi connectivity index (χ0) is 16.9. The fraction of sp³-hybridized carbons (Fsp3) is 0.368. The van der Waals surface area contributed by atoms with Crippen molar-refractivity contribution in [3.63, 3.8) is 0 Å². The zero-order valence-electron chi connectivity index (χ0n) is 13.8. The third kappa shape index (κ3) is 4.17. The van der Waals surface area contributed by atoms with Gasteiger partial charge in [-0.15, -0.1) is 0 Å². The molecular formula is C19H22FN3O. The third-order valence-electron chi connectivity index (χ3n) is 4.33. The van der Waals surface area contributed by atoms with Gasteiger partial charge in [0.1, 0.15) is 5.82 Å². The van der Waals surface area contributed by atoms with Gasteiger partial charge in [-0.25, -0.2) is 4.39 Å². The molecule has 1 saturated heterocycles. The summed E-state index contributed by atoms with van der Waals surface area (Å²) in [6.45, 7) is 3.65. The van der Waals surface area contributed by atoms with Gasteiger partial charge in [-0.1, -0.05) is 18.2 Å². The molecule has 126 valence electrons. The first-order valence-corrected chi connectivity index (χ1v) is 8.30. The van der Waals surface area contributed by atoms with Gasteiger partial charge in [0.25, 0.3) is 0 Å². The van der Waals surface area contributed by atoms with Crippen molar-refractivity contribution in [2.75, 3.05) is 6.54 Å². The average Bonchev–Trinajstić information content (AvgIpc) is 3.01. The van der Waals surface area contributed by atoms with Crippen LogP contribution in [0.1, 0.15) is 42.8 Å². The van der Waals surface area contributed by atoms with Gasteiger partial charge in [0, 0.05) is 13.5 Å². The topological polar surface area (TPSA) is 45.2 Å². The molecule has 0 bridgehead atoms. The minimum absolute atomic E-state index is 0.0594. The highest BCUT2D eigenvalue weighted by Gasteiger charge is 2.27. The number of rotatable bonds is 5. The molecule has 2 heterocycles. The lowest BCUT2D eigenvalue weighted by atomic mass is 10.1. The Hall–Kier alpha value is -2.27. The highest BCUT2D eigenvalue weighted by molar-refractivity contribution is 5.72. The second-order valence-corrected chi connectivity index (χ2v) is 6.22. The predicted molar refractivity (Wildman–Crippen MR) is 90.5 cm³/mol. The highest BCUT2D eigenvalue weighted by atomic mass is 19.1. The minimum Gasteiger partial charge on any atom is -0.351 e. The Morgan fingerprint density at radius 2 is 2.17 bits per heavy atom. The smallest absolute Gasteiger partial charge is 0.217 e. The summed E-state index contributed by atoms with van der Waals surface area (Å²) in [6, 6.07) is 13.0. The lowest BCUT2D eigenvalue weighted by Crippen LogP contribution is -2.24. The quantitative estimate of drug-likeness (QED) is 0.917. The molecule has 1 aliphatic rings. The van der Waals surface area contributed by atoms with Gasteiger partial charge < -0.3 is 5.32 Å². The summed E-state index contributed by atoms with van der Waals surface area (Å²) in [4.78, 5) is 18.1. The molecule has 1 amide bonds. The van der Waals surface area contributed by atoms with Crippen LogP contribution in [0, 0.1) is 5.82 Å². The molecule has 1 unspecified atom stereocenters. The van der Waals surface area contributed by atoms with Gasteiger partial charge in [-0.2, -0.15) is 0 Å². The number of nitrogens with zero attached hydrogens (tertiary/aromatic N) is 2. The van der Waals surface area contributed by atoms with E-state index in [0.29, 0.717) is 6.54 Å². The van der Waals surface area contributed by atoms with E-state index in [0.717, 1.165) is 42.9 Å². The van der Waals surface area contributed by atoms with E-state index in [1.54, 1.807) is 12.1 Å². The molecule has 5 heteroatoms. The number of nitrogens with one attached hydrogen (secondary N) is 1. The number of hydrogen-bond acceptors (Lipinski definition) is 3. The normalized spacial score (nSPS) is 17.8. The maximum absolute atomic E-state index is 13.4. The molecule has 1 fully saturated rings. The highest BCUT2D eigenvalue weighted by Crippen LogP contribution is 2.32. The number of amides is 1. The van der Waals surface area contributed by atoms with E-state index in [4.69, 9.17) is 4.98 Å². The van der Waals surface area contributed by atoms with Crippen LogP contribution in [0.25, 0.3) is 0 Å². The Morgan fingerprint density at radius 1 is 1.33 bits per heavy atom. The molecule has 1 aromatic carbocycles. The van der Waals surface area contributed by atoms with Crippen molar-refractivity contribution in [1.82, 2.24) is 15.2 Å². The largest absolute Gasteiger partial charge is 0.351 e. The summed E-state index contributed by atoms with van der Waals surface area (Å²) in [5, 5.41) is 2.78. The number of pyridine rings is 1. The van der Waals surface area contributed by atoms with Crippen LogP contribution in [0.2, 0.25) is 0 Å². The van der Waals surface area contributed by atoms with Gasteiger partial charge in [-0.05, 0) is 49.2 Å². The Bertz CT molecular complexity index is 719. The SMILES string of the molecule is CC(=O)NCc1cccc(C2CCCN2Cc2cccc(F)c2)n1. The second kappa shape index (κ2) is 7.53. The van der Waals surface area contributed by atoms with Crippen LogP contribution in [-0.2, 0) is 17.9 Å². The van der Waals surface area contributed by atoms with Crippen LogP contribution in [0.5, 0.6) is 0 Å². The summed E-state index contributed by atoms with van der Waals surface area (Å²) < 4.78 is 13.4. The standard InChI is InChI=1S/C19H22FN3O/c1-14(24)21-12-17-7-3-8-18(22-17)19-9-4-10-23(19)13-15-5-2-6-16(20)11-15/h2-3,5-8,11,19H,4,9-10,12-13H2,1H3,(H,21,24). The fourth-order valence-corrected chi connectivity index (χ4v) is 3.22.